The molecule has 0 unspecified atom stereocenters. The predicted octanol–water partition coefficient (Wildman–Crippen LogP) is 4.36. The summed E-state index contributed by atoms with van der Waals surface area (Å²) in [4.78, 5) is 38.9. The van der Waals surface area contributed by atoms with E-state index in [1.807, 2.05) is 38.1 Å². The van der Waals surface area contributed by atoms with Crippen molar-refractivity contribution in [1.82, 2.24) is 10.2 Å². The molecule has 1 atom stereocenters. The van der Waals surface area contributed by atoms with Gasteiger partial charge in [-0.1, -0.05) is 42.8 Å². The molecule has 0 radical (unpaired) electrons. The normalized spacial score (nSPS) is 11.8. The molecule has 0 spiro atoms. The Labute approximate surface area is 246 Å². The third-order valence-electron chi connectivity index (χ3n) is 6.76. The minimum absolute atomic E-state index is 0.0632. The number of anilines is 1. The van der Waals surface area contributed by atoms with Gasteiger partial charge in [0.25, 0.3) is 15.7 Å². The Kier molecular flexibility index (Phi) is 10.6. The smallest absolute Gasteiger partial charge is 0.273 e. The molecule has 3 aromatic rings. The van der Waals surface area contributed by atoms with E-state index in [2.05, 4.69) is 5.32 Å². The van der Waals surface area contributed by atoms with Crippen molar-refractivity contribution in [3.05, 3.63) is 93.5 Å². The first kappa shape index (κ1) is 32.1. The van der Waals surface area contributed by atoms with Gasteiger partial charge >= 0.3 is 0 Å². The molecular weight excluding hydrogens is 560 g/mol. The van der Waals surface area contributed by atoms with Crippen LogP contribution in [0.2, 0.25) is 0 Å². The molecule has 0 aliphatic carbocycles. The van der Waals surface area contributed by atoms with Crippen LogP contribution in [0.1, 0.15) is 37.0 Å². The van der Waals surface area contributed by atoms with Crippen LogP contribution in [0.3, 0.4) is 0 Å². The molecule has 0 aromatic heterocycles. The molecule has 42 heavy (non-hydrogen) atoms. The van der Waals surface area contributed by atoms with Crippen molar-refractivity contribution in [2.45, 2.75) is 51.6 Å². The molecule has 11 nitrogen and oxygen atoms in total. The number of ether oxygens (including phenoxy) is 1. The van der Waals surface area contributed by atoms with Gasteiger partial charge in [-0.15, -0.1) is 0 Å². The van der Waals surface area contributed by atoms with E-state index in [0.29, 0.717) is 24.3 Å². The minimum atomic E-state index is -4.47. The van der Waals surface area contributed by atoms with Crippen molar-refractivity contribution >= 4 is 33.2 Å². The Morgan fingerprint density at radius 3 is 2.33 bits per heavy atom. The number of carbonyl (C=O) groups is 2. The Balaban J connectivity index is 2.08. The number of aryl methyl sites for hydroxylation is 2. The number of carbonyl (C=O) groups excluding carboxylic acids is 2. The summed E-state index contributed by atoms with van der Waals surface area (Å²) >= 11 is 0. The third-order valence-corrected chi connectivity index (χ3v) is 8.53. The zero-order valence-electron chi connectivity index (χ0n) is 24.4. The largest absolute Gasteiger partial charge is 0.497 e. The van der Waals surface area contributed by atoms with E-state index in [-0.39, 0.29) is 28.7 Å². The number of hydrogen-bond donors (Lipinski definition) is 1. The van der Waals surface area contributed by atoms with Crippen LogP contribution in [0, 0.1) is 24.0 Å². The lowest BCUT2D eigenvalue weighted by molar-refractivity contribution is -0.385. The summed E-state index contributed by atoms with van der Waals surface area (Å²) in [5.41, 5.74) is 1.81. The molecule has 0 bridgehead atoms. The van der Waals surface area contributed by atoms with Crippen molar-refractivity contribution in [2.24, 2.45) is 0 Å². The van der Waals surface area contributed by atoms with Gasteiger partial charge in [0.1, 0.15) is 18.3 Å². The second-order valence-corrected chi connectivity index (χ2v) is 11.8. The number of rotatable bonds is 13. The number of nitrogens with one attached hydrogen (secondary N) is 1. The van der Waals surface area contributed by atoms with Gasteiger partial charge in [0, 0.05) is 24.7 Å². The van der Waals surface area contributed by atoms with Gasteiger partial charge in [-0.25, -0.2) is 8.42 Å². The molecule has 0 fully saturated rings. The Hall–Kier alpha value is -4.45. The highest BCUT2D eigenvalue weighted by molar-refractivity contribution is 7.92. The lowest BCUT2D eigenvalue weighted by Crippen LogP contribution is -2.51. The molecule has 0 aliphatic rings. The number of nitro benzene ring substituents is 1. The maximum Gasteiger partial charge on any atom is 0.273 e. The molecule has 0 saturated carbocycles. The highest BCUT2D eigenvalue weighted by Crippen LogP contribution is 2.29. The fraction of sp³-hybridized carbons (Fsp3) is 0.333. The summed E-state index contributed by atoms with van der Waals surface area (Å²) < 4.78 is 34.1. The van der Waals surface area contributed by atoms with Gasteiger partial charge in [-0.3, -0.25) is 24.0 Å². The zero-order valence-corrected chi connectivity index (χ0v) is 25.2. The first-order valence-electron chi connectivity index (χ1n) is 13.4. The van der Waals surface area contributed by atoms with Gasteiger partial charge < -0.3 is 15.0 Å². The minimum Gasteiger partial charge on any atom is -0.497 e. The molecule has 2 amide bonds. The fourth-order valence-corrected chi connectivity index (χ4v) is 5.77. The number of nitrogens with zero attached hydrogens (tertiary/aromatic N) is 3. The molecule has 224 valence electrons. The lowest BCUT2D eigenvalue weighted by atomic mass is 10.1. The van der Waals surface area contributed by atoms with Gasteiger partial charge in [0.2, 0.25) is 11.8 Å². The standard InChI is InChI=1S/C30H36N4O7S/c1-6-16-31-30(36)23(4)32(19-24-9-7-8-21(2)17-24)29(35)20-33(25-11-13-26(41-5)14-12-25)42(39,40)27-15-10-22(3)28(18-27)34(37)38/h7-15,17-18,23H,6,16,19-20H2,1-5H3,(H,31,36)/t23-/m1/s1. The zero-order chi connectivity index (χ0) is 31.0. The predicted molar refractivity (Wildman–Crippen MR) is 160 cm³/mol. The Bertz CT molecular complexity index is 1540. The SMILES string of the molecule is CCCNC(=O)[C@@H](C)N(Cc1cccc(C)c1)C(=O)CN(c1ccc(OC)cc1)S(=O)(=O)c1ccc(C)c([N+](=O)[O-])c1. The highest BCUT2D eigenvalue weighted by Gasteiger charge is 2.33. The second kappa shape index (κ2) is 13.9. The van der Waals surface area contributed by atoms with Crippen LogP contribution < -0.4 is 14.4 Å². The molecule has 1 N–H and O–H groups in total. The summed E-state index contributed by atoms with van der Waals surface area (Å²) in [5, 5.41) is 14.4. The maximum absolute atomic E-state index is 14.0. The third kappa shape index (κ3) is 7.64. The van der Waals surface area contributed by atoms with E-state index < -0.39 is 33.4 Å². The fourth-order valence-electron chi connectivity index (χ4n) is 4.34. The number of hydrogen-bond acceptors (Lipinski definition) is 7. The van der Waals surface area contributed by atoms with Crippen LogP contribution in [0.4, 0.5) is 11.4 Å². The van der Waals surface area contributed by atoms with Crippen LogP contribution in [0.15, 0.2) is 71.6 Å². The molecule has 0 aliphatic heterocycles. The van der Waals surface area contributed by atoms with Gasteiger partial charge in [-0.2, -0.15) is 0 Å². The van der Waals surface area contributed by atoms with Crippen molar-refractivity contribution in [3.63, 3.8) is 0 Å². The highest BCUT2D eigenvalue weighted by atomic mass is 32.2. The molecule has 0 saturated heterocycles. The van der Waals surface area contributed by atoms with E-state index in [4.69, 9.17) is 4.74 Å². The van der Waals surface area contributed by atoms with Crippen molar-refractivity contribution < 1.29 is 27.7 Å². The van der Waals surface area contributed by atoms with Crippen LogP contribution in [-0.4, -0.2) is 56.3 Å². The first-order chi connectivity index (χ1) is 19.9. The molecule has 3 aromatic carbocycles. The molecule has 0 heterocycles. The lowest BCUT2D eigenvalue weighted by Gasteiger charge is -2.32. The van der Waals surface area contributed by atoms with Gasteiger partial charge in [0.15, 0.2) is 0 Å². The average molecular weight is 597 g/mol. The summed E-state index contributed by atoms with van der Waals surface area (Å²) in [7, 11) is -3.01. The van der Waals surface area contributed by atoms with Gasteiger partial charge in [0.05, 0.1) is 22.6 Å². The summed E-state index contributed by atoms with van der Waals surface area (Å²) in [6.45, 7) is 6.75. The van der Waals surface area contributed by atoms with Crippen LogP contribution >= 0.6 is 0 Å². The van der Waals surface area contributed by atoms with E-state index in [0.717, 1.165) is 21.5 Å². The van der Waals surface area contributed by atoms with Gasteiger partial charge in [-0.05, 0) is 63.1 Å². The van der Waals surface area contributed by atoms with E-state index >= 15 is 0 Å². The monoisotopic (exact) mass is 596 g/mol. The number of benzene rings is 3. The Morgan fingerprint density at radius 1 is 1.05 bits per heavy atom. The number of nitro groups is 1. The average Bonchev–Trinajstić information content (AvgIpc) is 2.96. The summed E-state index contributed by atoms with van der Waals surface area (Å²) in [6, 6.07) is 16.2. The second-order valence-electron chi connectivity index (χ2n) is 9.89. The van der Waals surface area contributed by atoms with Crippen LogP contribution in [0.25, 0.3) is 0 Å². The first-order valence-corrected chi connectivity index (χ1v) is 14.9. The molecule has 12 heteroatoms. The van der Waals surface area contributed by atoms with E-state index in [1.165, 1.54) is 43.2 Å². The summed E-state index contributed by atoms with van der Waals surface area (Å²) in [5.74, 6) is -0.529. The maximum atomic E-state index is 14.0. The van der Waals surface area contributed by atoms with E-state index in [1.54, 1.807) is 19.1 Å². The van der Waals surface area contributed by atoms with Crippen molar-refractivity contribution in [3.8, 4) is 5.75 Å². The van der Waals surface area contributed by atoms with Crippen molar-refractivity contribution in [1.29, 1.82) is 0 Å². The number of amides is 2. The summed E-state index contributed by atoms with van der Waals surface area (Å²) in [6.07, 6.45) is 0.705. The number of methoxy groups -OCH3 is 1. The van der Waals surface area contributed by atoms with Crippen LogP contribution in [0.5, 0.6) is 5.75 Å². The quantitative estimate of drug-likeness (QED) is 0.228. The number of sulfonamides is 1. The molecular formula is C30H36N4O7S. The van der Waals surface area contributed by atoms with E-state index in [9.17, 15) is 28.1 Å². The molecule has 3 rings (SSSR count). The van der Waals surface area contributed by atoms with Crippen LogP contribution in [-0.2, 0) is 26.2 Å². The van der Waals surface area contributed by atoms with Crippen molar-refractivity contribution in [2.75, 3.05) is 24.5 Å². The topological polar surface area (TPSA) is 139 Å². The Morgan fingerprint density at radius 2 is 1.74 bits per heavy atom.